The van der Waals surface area contributed by atoms with E-state index in [9.17, 15) is 0 Å². The zero-order chi connectivity index (χ0) is 26.4. The number of hydrogen-bond donors (Lipinski definition) is 0. The summed E-state index contributed by atoms with van der Waals surface area (Å²) in [5.74, 6) is 0. The predicted molar refractivity (Wildman–Crippen MR) is 150 cm³/mol. The van der Waals surface area contributed by atoms with Crippen LogP contribution in [0.4, 0.5) is 0 Å². The van der Waals surface area contributed by atoms with Crippen LogP contribution in [-0.2, 0) is 40.8 Å². The lowest BCUT2D eigenvalue weighted by Gasteiger charge is -2.50. The molecular formula is C24H50O9Si4. The molecule has 4 aliphatic heterocycles. The van der Waals surface area contributed by atoms with Gasteiger partial charge in [-0.25, -0.2) is 0 Å². The van der Waals surface area contributed by atoms with Crippen molar-refractivity contribution in [3.05, 3.63) is 0 Å². The lowest BCUT2D eigenvalue weighted by Crippen LogP contribution is -2.64. The number of epoxide rings is 3. The molecule has 4 heterocycles. The van der Waals surface area contributed by atoms with Gasteiger partial charge < -0.3 is 40.8 Å². The summed E-state index contributed by atoms with van der Waals surface area (Å²) in [6.07, 6.45) is 3.92. The zero-order valence-electron chi connectivity index (χ0n) is 23.7. The van der Waals surface area contributed by atoms with Crippen molar-refractivity contribution < 1.29 is 40.8 Å². The molecule has 37 heavy (non-hydrogen) atoms. The van der Waals surface area contributed by atoms with Crippen LogP contribution in [0.5, 0.6) is 0 Å². The highest BCUT2D eigenvalue weighted by Crippen LogP contribution is 2.39. The van der Waals surface area contributed by atoms with E-state index in [0.717, 1.165) is 82.7 Å². The molecule has 4 fully saturated rings. The Hall–Kier alpha value is 0.508. The van der Waals surface area contributed by atoms with Gasteiger partial charge in [-0.05, 0) is 75.8 Å². The summed E-state index contributed by atoms with van der Waals surface area (Å²) in [5, 5.41) is 0. The second-order valence-corrected chi connectivity index (χ2v) is 28.5. The van der Waals surface area contributed by atoms with Gasteiger partial charge in [0.05, 0.1) is 39.6 Å². The van der Waals surface area contributed by atoms with E-state index in [-0.39, 0.29) is 0 Å². The molecule has 216 valence electrons. The van der Waals surface area contributed by atoms with Crippen LogP contribution in [0.1, 0.15) is 19.3 Å². The Morgan fingerprint density at radius 1 is 0.568 bits per heavy atom. The summed E-state index contributed by atoms with van der Waals surface area (Å²) in [6, 6.07) is 3.09. The van der Waals surface area contributed by atoms with Crippen molar-refractivity contribution in [1.82, 2.24) is 0 Å². The molecule has 0 saturated carbocycles. The Bertz CT molecular complexity index is 666. The molecule has 4 saturated heterocycles. The van der Waals surface area contributed by atoms with Crippen LogP contribution in [0, 0.1) is 0 Å². The van der Waals surface area contributed by atoms with Gasteiger partial charge in [-0.3, -0.25) is 0 Å². The Balaban J connectivity index is 1.34. The Labute approximate surface area is 227 Å². The van der Waals surface area contributed by atoms with E-state index in [2.05, 4.69) is 32.7 Å². The minimum atomic E-state index is -2.43. The van der Waals surface area contributed by atoms with Gasteiger partial charge in [-0.2, -0.15) is 0 Å². The zero-order valence-corrected chi connectivity index (χ0v) is 27.7. The first-order chi connectivity index (χ1) is 17.6. The first kappa shape index (κ1) is 30.5. The molecule has 0 radical (unpaired) electrons. The first-order valence-electron chi connectivity index (χ1n) is 14.2. The van der Waals surface area contributed by atoms with E-state index in [4.69, 9.17) is 40.8 Å². The molecule has 9 nitrogen and oxygen atoms in total. The highest BCUT2D eigenvalue weighted by Gasteiger charge is 2.53. The molecule has 0 spiro atoms. The predicted octanol–water partition coefficient (Wildman–Crippen LogP) is 3.93. The largest absolute Gasteiger partial charge is 0.436 e. The highest BCUT2D eigenvalue weighted by molar-refractivity contribution is 6.99. The molecule has 0 aromatic carbocycles. The number of hydrogen-bond acceptors (Lipinski definition) is 9. The summed E-state index contributed by atoms with van der Waals surface area (Å²) in [5.41, 5.74) is 1.11. The molecular weight excluding hydrogens is 545 g/mol. The second kappa shape index (κ2) is 13.4. The molecule has 4 aliphatic rings. The fraction of sp³-hybridized carbons (Fsp3) is 1.00. The topological polar surface area (TPSA) is 93.0 Å². The average Bonchev–Trinajstić information content (AvgIpc) is 3.63. The van der Waals surface area contributed by atoms with Gasteiger partial charge in [-0.15, -0.1) is 0 Å². The normalized spacial score (nSPS) is 38.7. The van der Waals surface area contributed by atoms with Gasteiger partial charge in [-0.1, -0.05) is 0 Å². The Kier molecular flexibility index (Phi) is 11.1. The highest BCUT2D eigenvalue weighted by atomic mass is 28.5. The van der Waals surface area contributed by atoms with Crippen LogP contribution in [0.3, 0.4) is 0 Å². The summed E-state index contributed by atoms with van der Waals surface area (Å²) >= 11 is 0. The van der Waals surface area contributed by atoms with Crippen molar-refractivity contribution in [2.24, 2.45) is 0 Å². The first-order valence-corrected chi connectivity index (χ1v) is 25.2. The summed E-state index contributed by atoms with van der Waals surface area (Å²) in [4.78, 5) is 0. The SMILES string of the molecule is C[Si]1(CCCOCC2CO2)C[Si](C)(CCCOCC2CO2)O[Si](C)(CCCOCC2CO2)O[Si](C)(C)O1. The van der Waals surface area contributed by atoms with E-state index < -0.39 is 33.8 Å². The van der Waals surface area contributed by atoms with Gasteiger partial charge in [0.1, 0.15) is 18.3 Å². The van der Waals surface area contributed by atoms with E-state index in [1.807, 2.05) is 0 Å². The third-order valence-electron chi connectivity index (χ3n) is 7.19. The van der Waals surface area contributed by atoms with E-state index in [1.54, 1.807) is 0 Å². The maximum atomic E-state index is 7.28. The maximum absolute atomic E-state index is 7.28. The van der Waals surface area contributed by atoms with Gasteiger partial charge in [0.2, 0.25) is 0 Å². The van der Waals surface area contributed by atoms with Crippen molar-refractivity contribution in [3.8, 4) is 0 Å². The fourth-order valence-electron chi connectivity index (χ4n) is 5.65. The summed E-state index contributed by atoms with van der Waals surface area (Å²) in [6.45, 7) is 18.4. The van der Waals surface area contributed by atoms with Crippen LogP contribution in [0.25, 0.3) is 0 Å². The minimum Gasteiger partial charge on any atom is -0.436 e. The molecule has 0 aromatic heterocycles. The number of rotatable bonds is 18. The lowest BCUT2D eigenvalue weighted by atomic mass is 10.5. The second-order valence-electron chi connectivity index (χ2n) is 12.3. The molecule has 0 aromatic rings. The van der Waals surface area contributed by atoms with Crippen molar-refractivity contribution in [1.29, 1.82) is 0 Å². The monoisotopic (exact) mass is 594 g/mol. The minimum absolute atomic E-state index is 0.306. The standard InChI is InChI=1S/C24H50O9Si4/c1-34(2)31-35(3,12-6-9-25-15-22-18-28-22)21-36(4,13-7-10-26-16-23-19-29-23)33-37(5,32-34)14-8-11-27-17-24-20-30-24/h22-24H,6-21H2,1-5H3. The van der Waals surface area contributed by atoms with E-state index >= 15 is 0 Å². The molecule has 4 rings (SSSR count). The quantitative estimate of drug-likeness (QED) is 0.133. The molecule has 6 atom stereocenters. The fourth-order valence-corrected chi connectivity index (χ4v) is 33.6. The van der Waals surface area contributed by atoms with Crippen LogP contribution in [0.2, 0.25) is 56.5 Å². The van der Waals surface area contributed by atoms with Crippen LogP contribution in [-0.4, -0.2) is 112 Å². The van der Waals surface area contributed by atoms with Gasteiger partial charge >= 0.3 is 17.1 Å². The van der Waals surface area contributed by atoms with Gasteiger partial charge in [0.25, 0.3) is 0 Å². The molecule has 0 bridgehead atoms. The third-order valence-corrected chi connectivity index (χ3v) is 28.6. The molecule has 6 unspecified atom stereocenters. The molecule has 0 aliphatic carbocycles. The Morgan fingerprint density at radius 3 is 1.41 bits per heavy atom. The molecule has 0 amide bonds. The number of ether oxygens (including phenoxy) is 6. The third kappa shape index (κ3) is 11.9. The average molecular weight is 595 g/mol. The smallest absolute Gasteiger partial charge is 0.315 e. The molecule has 0 N–H and O–H groups in total. The van der Waals surface area contributed by atoms with Crippen molar-refractivity contribution in [2.75, 3.05) is 59.5 Å². The van der Waals surface area contributed by atoms with Gasteiger partial charge in [0.15, 0.2) is 16.6 Å². The summed E-state index contributed by atoms with van der Waals surface area (Å²) < 4.78 is 54.7. The van der Waals surface area contributed by atoms with Crippen LogP contribution in [0.15, 0.2) is 0 Å². The van der Waals surface area contributed by atoms with Crippen molar-refractivity contribution >= 4 is 33.8 Å². The van der Waals surface area contributed by atoms with Gasteiger partial charge in [0, 0.05) is 19.8 Å². The maximum Gasteiger partial charge on any atom is 0.315 e. The lowest BCUT2D eigenvalue weighted by molar-refractivity contribution is 0.115. The van der Waals surface area contributed by atoms with Crippen LogP contribution >= 0.6 is 0 Å². The summed E-state index contributed by atoms with van der Waals surface area (Å²) in [7, 11) is -8.94. The van der Waals surface area contributed by atoms with Crippen LogP contribution < -0.4 is 0 Å². The Morgan fingerprint density at radius 2 is 0.973 bits per heavy atom. The van der Waals surface area contributed by atoms with E-state index in [1.165, 1.54) is 0 Å². The molecule has 13 heteroatoms. The van der Waals surface area contributed by atoms with E-state index in [0.29, 0.717) is 38.1 Å². The van der Waals surface area contributed by atoms with Crippen molar-refractivity contribution in [2.45, 2.75) is 94.1 Å². The van der Waals surface area contributed by atoms with Crippen molar-refractivity contribution in [3.63, 3.8) is 0 Å².